The summed E-state index contributed by atoms with van der Waals surface area (Å²) in [6, 6.07) is 5.03. The van der Waals surface area contributed by atoms with Gasteiger partial charge in [0.2, 0.25) is 0 Å². The molecule has 0 unspecified atom stereocenters. The first kappa shape index (κ1) is 12.6. The number of ether oxygens (including phenoxy) is 2. The lowest BCUT2D eigenvalue weighted by Crippen LogP contribution is -2.41. The molecule has 0 bridgehead atoms. The van der Waals surface area contributed by atoms with Crippen LogP contribution in [0.4, 0.5) is 0 Å². The Morgan fingerprint density at radius 1 is 1.28 bits per heavy atom. The summed E-state index contributed by atoms with van der Waals surface area (Å²) in [5, 5.41) is 3.66. The van der Waals surface area contributed by atoms with Gasteiger partial charge in [-0.05, 0) is 31.9 Å². The van der Waals surface area contributed by atoms with Gasteiger partial charge in [0.05, 0.1) is 13.2 Å². The topological polar surface area (TPSA) is 30.5 Å². The zero-order valence-electron chi connectivity index (χ0n) is 10.9. The van der Waals surface area contributed by atoms with Crippen LogP contribution in [0.5, 0.6) is 0 Å². The molecule has 1 aliphatic heterocycles. The third-order valence-corrected chi connectivity index (χ3v) is 4.92. The average molecular weight is 267 g/mol. The van der Waals surface area contributed by atoms with E-state index in [9.17, 15) is 0 Å². The van der Waals surface area contributed by atoms with Crippen LogP contribution in [0.2, 0.25) is 0 Å². The van der Waals surface area contributed by atoms with Gasteiger partial charge < -0.3 is 14.8 Å². The first-order valence-electron chi connectivity index (χ1n) is 6.82. The van der Waals surface area contributed by atoms with Crippen molar-refractivity contribution >= 4 is 11.3 Å². The van der Waals surface area contributed by atoms with Crippen molar-refractivity contribution < 1.29 is 9.47 Å². The van der Waals surface area contributed by atoms with Gasteiger partial charge in [-0.15, -0.1) is 11.3 Å². The second-order valence-corrected chi connectivity index (χ2v) is 6.65. The highest BCUT2D eigenvalue weighted by atomic mass is 32.1. The molecule has 1 N–H and O–H groups in total. The molecule has 1 aliphatic carbocycles. The molecule has 0 aromatic carbocycles. The fraction of sp³-hybridized carbons (Fsp3) is 0.714. The van der Waals surface area contributed by atoms with Crippen molar-refractivity contribution in [1.29, 1.82) is 0 Å². The van der Waals surface area contributed by atoms with Crippen molar-refractivity contribution in [1.82, 2.24) is 5.32 Å². The lowest BCUT2D eigenvalue weighted by Gasteiger charge is -2.35. The third kappa shape index (κ3) is 2.77. The number of aryl methyl sites for hydroxylation is 1. The van der Waals surface area contributed by atoms with E-state index < -0.39 is 0 Å². The molecule has 1 aromatic heterocycles. The van der Waals surface area contributed by atoms with E-state index in [2.05, 4.69) is 24.4 Å². The Morgan fingerprint density at radius 2 is 2.00 bits per heavy atom. The summed E-state index contributed by atoms with van der Waals surface area (Å²) >= 11 is 1.88. The predicted molar refractivity (Wildman–Crippen MR) is 72.8 cm³/mol. The SMILES string of the molecule is Cc1ccc(CNC2CCC3(CC2)OCCO3)s1. The molecular weight excluding hydrogens is 246 g/mol. The quantitative estimate of drug-likeness (QED) is 0.913. The summed E-state index contributed by atoms with van der Waals surface area (Å²) in [5.41, 5.74) is 0. The maximum Gasteiger partial charge on any atom is 0.168 e. The second kappa shape index (κ2) is 5.29. The van der Waals surface area contributed by atoms with Gasteiger partial charge in [-0.3, -0.25) is 0 Å². The molecule has 0 radical (unpaired) electrons. The molecular formula is C14H21NO2S. The van der Waals surface area contributed by atoms with Crippen LogP contribution < -0.4 is 5.32 Å². The number of rotatable bonds is 3. The summed E-state index contributed by atoms with van der Waals surface area (Å²) in [7, 11) is 0. The number of thiophene rings is 1. The Labute approximate surface area is 112 Å². The lowest BCUT2D eigenvalue weighted by molar-refractivity contribution is -0.179. The fourth-order valence-corrected chi connectivity index (χ4v) is 3.71. The third-order valence-electron chi connectivity index (χ3n) is 3.92. The van der Waals surface area contributed by atoms with Crippen molar-refractivity contribution in [2.24, 2.45) is 0 Å². The van der Waals surface area contributed by atoms with Crippen LogP contribution >= 0.6 is 11.3 Å². The molecule has 18 heavy (non-hydrogen) atoms. The van der Waals surface area contributed by atoms with Crippen LogP contribution in [-0.2, 0) is 16.0 Å². The van der Waals surface area contributed by atoms with E-state index in [-0.39, 0.29) is 5.79 Å². The van der Waals surface area contributed by atoms with E-state index >= 15 is 0 Å². The number of nitrogens with one attached hydrogen (secondary N) is 1. The Kier molecular flexibility index (Phi) is 3.71. The maximum atomic E-state index is 5.75. The van der Waals surface area contributed by atoms with E-state index in [1.54, 1.807) is 0 Å². The van der Waals surface area contributed by atoms with E-state index in [4.69, 9.17) is 9.47 Å². The summed E-state index contributed by atoms with van der Waals surface area (Å²) in [6.45, 7) is 4.70. The van der Waals surface area contributed by atoms with Crippen LogP contribution in [-0.4, -0.2) is 25.0 Å². The highest BCUT2D eigenvalue weighted by Gasteiger charge is 2.40. The van der Waals surface area contributed by atoms with Gasteiger partial charge in [0, 0.05) is 35.2 Å². The molecule has 100 valence electrons. The van der Waals surface area contributed by atoms with Crippen molar-refractivity contribution in [3.63, 3.8) is 0 Å². The molecule has 1 saturated carbocycles. The van der Waals surface area contributed by atoms with Gasteiger partial charge in [-0.2, -0.15) is 0 Å². The van der Waals surface area contributed by atoms with Crippen LogP contribution in [0.25, 0.3) is 0 Å². The van der Waals surface area contributed by atoms with Crippen molar-refractivity contribution in [3.8, 4) is 0 Å². The summed E-state index contributed by atoms with van der Waals surface area (Å²) in [6.07, 6.45) is 4.39. The van der Waals surface area contributed by atoms with Crippen molar-refractivity contribution in [2.45, 2.75) is 51.0 Å². The Hall–Kier alpha value is -0.420. The van der Waals surface area contributed by atoms with Gasteiger partial charge in [-0.1, -0.05) is 0 Å². The predicted octanol–water partition coefficient (Wildman–Crippen LogP) is 2.83. The minimum absolute atomic E-state index is 0.225. The normalized spacial score (nSPS) is 23.8. The lowest BCUT2D eigenvalue weighted by atomic mass is 9.90. The van der Waals surface area contributed by atoms with E-state index in [1.807, 2.05) is 11.3 Å². The standard InChI is InChI=1S/C14H21NO2S/c1-11-2-3-13(18-11)10-15-12-4-6-14(7-5-12)16-8-9-17-14/h2-3,12,15H,4-10H2,1H3. The minimum Gasteiger partial charge on any atom is -0.348 e. The zero-order chi connectivity index (χ0) is 12.4. The van der Waals surface area contributed by atoms with Crippen LogP contribution in [0.3, 0.4) is 0 Å². The second-order valence-electron chi connectivity index (χ2n) is 5.28. The van der Waals surface area contributed by atoms with Gasteiger partial charge in [0.25, 0.3) is 0 Å². The molecule has 2 aliphatic rings. The molecule has 0 atom stereocenters. The molecule has 3 rings (SSSR count). The molecule has 3 nitrogen and oxygen atoms in total. The van der Waals surface area contributed by atoms with Crippen molar-refractivity contribution in [2.75, 3.05) is 13.2 Å². The first-order valence-corrected chi connectivity index (χ1v) is 7.64. The minimum atomic E-state index is -0.225. The summed E-state index contributed by atoms with van der Waals surface area (Å²) in [4.78, 5) is 2.82. The Morgan fingerprint density at radius 3 is 2.61 bits per heavy atom. The highest BCUT2D eigenvalue weighted by Crippen LogP contribution is 2.35. The zero-order valence-corrected chi connectivity index (χ0v) is 11.7. The largest absolute Gasteiger partial charge is 0.348 e. The maximum absolute atomic E-state index is 5.75. The average Bonchev–Trinajstić information content (AvgIpc) is 2.99. The number of hydrogen-bond donors (Lipinski definition) is 1. The van der Waals surface area contributed by atoms with Gasteiger partial charge in [0.1, 0.15) is 0 Å². The molecule has 0 amide bonds. The van der Waals surface area contributed by atoms with Crippen LogP contribution in [0, 0.1) is 6.92 Å². The van der Waals surface area contributed by atoms with Crippen molar-refractivity contribution in [3.05, 3.63) is 21.9 Å². The van der Waals surface area contributed by atoms with Gasteiger partial charge >= 0.3 is 0 Å². The molecule has 4 heteroatoms. The Balaban J connectivity index is 1.45. The molecule has 2 heterocycles. The van der Waals surface area contributed by atoms with E-state index in [1.165, 1.54) is 9.75 Å². The first-order chi connectivity index (χ1) is 8.76. The summed E-state index contributed by atoms with van der Waals surface area (Å²) in [5.74, 6) is -0.225. The summed E-state index contributed by atoms with van der Waals surface area (Å²) < 4.78 is 11.5. The van der Waals surface area contributed by atoms with E-state index in [0.717, 1.165) is 45.4 Å². The molecule has 1 spiro atoms. The number of hydrogen-bond acceptors (Lipinski definition) is 4. The highest BCUT2D eigenvalue weighted by molar-refractivity contribution is 7.11. The van der Waals surface area contributed by atoms with Gasteiger partial charge in [0.15, 0.2) is 5.79 Å². The van der Waals surface area contributed by atoms with E-state index in [0.29, 0.717) is 6.04 Å². The van der Waals surface area contributed by atoms with Crippen LogP contribution in [0.15, 0.2) is 12.1 Å². The molecule has 1 saturated heterocycles. The van der Waals surface area contributed by atoms with Crippen LogP contribution in [0.1, 0.15) is 35.4 Å². The fourth-order valence-electron chi connectivity index (χ4n) is 2.87. The Bertz CT molecular complexity index is 388. The monoisotopic (exact) mass is 267 g/mol. The smallest absolute Gasteiger partial charge is 0.168 e. The molecule has 1 aromatic rings. The van der Waals surface area contributed by atoms with Gasteiger partial charge in [-0.25, -0.2) is 0 Å². The molecule has 2 fully saturated rings.